The van der Waals surface area contributed by atoms with Crippen LogP contribution in [0.25, 0.3) is 0 Å². The van der Waals surface area contributed by atoms with Crippen molar-refractivity contribution in [3.63, 3.8) is 0 Å². The second-order valence-electron chi connectivity index (χ2n) is 2.43. The number of aliphatic hydroxyl groups is 1. The van der Waals surface area contributed by atoms with Crippen LogP contribution in [0.4, 0.5) is 0 Å². The summed E-state index contributed by atoms with van der Waals surface area (Å²) in [7, 11) is -1.89. The topological polar surface area (TPSA) is 77.2 Å². The van der Waals surface area contributed by atoms with Crippen molar-refractivity contribution < 1.29 is 14.2 Å². The van der Waals surface area contributed by atoms with Gasteiger partial charge in [0.25, 0.3) is 7.37 Å². The molecule has 0 aliphatic rings. The monoisotopic (exact) mass is 205 g/mol. The third-order valence-electron chi connectivity index (χ3n) is 1.68. The molecule has 13 heavy (non-hydrogen) atoms. The highest BCUT2D eigenvalue weighted by Gasteiger charge is 2.26. The summed E-state index contributed by atoms with van der Waals surface area (Å²) in [5, 5.41) is 16.2. The minimum atomic E-state index is -3.16. The molecule has 0 amide bonds. The quantitative estimate of drug-likeness (QED) is 0.688. The van der Waals surface area contributed by atoms with Crippen LogP contribution in [0.2, 0.25) is 0 Å². The van der Waals surface area contributed by atoms with Gasteiger partial charge in [-0.15, -0.1) is 5.10 Å². The first kappa shape index (κ1) is 10.4. The van der Waals surface area contributed by atoms with Crippen LogP contribution < -0.4 is 5.44 Å². The van der Waals surface area contributed by atoms with Gasteiger partial charge in [-0.1, -0.05) is 5.21 Å². The SMILES string of the molecule is CCn1cc(P(=O)(CO)OC)nn1. The van der Waals surface area contributed by atoms with E-state index in [0.29, 0.717) is 6.54 Å². The Morgan fingerprint density at radius 3 is 2.85 bits per heavy atom. The average molecular weight is 205 g/mol. The summed E-state index contributed by atoms with van der Waals surface area (Å²) < 4.78 is 17.9. The molecule has 1 rings (SSSR count). The van der Waals surface area contributed by atoms with Crippen molar-refractivity contribution in [2.75, 3.05) is 13.5 Å². The van der Waals surface area contributed by atoms with Crippen LogP contribution in [0.1, 0.15) is 6.92 Å². The summed E-state index contributed by atoms with van der Waals surface area (Å²) in [4.78, 5) is 0. The lowest BCUT2D eigenvalue weighted by molar-refractivity contribution is 0.316. The Balaban J connectivity index is 2.99. The first-order valence-electron chi connectivity index (χ1n) is 3.82. The number of hydrogen-bond donors (Lipinski definition) is 1. The van der Waals surface area contributed by atoms with Crippen LogP contribution >= 0.6 is 7.37 Å². The molecule has 6 nitrogen and oxygen atoms in total. The van der Waals surface area contributed by atoms with Crippen molar-refractivity contribution in [2.45, 2.75) is 13.5 Å². The first-order valence-corrected chi connectivity index (χ1v) is 5.63. The van der Waals surface area contributed by atoms with Crippen molar-refractivity contribution in [3.05, 3.63) is 6.20 Å². The van der Waals surface area contributed by atoms with Gasteiger partial charge in [0.05, 0.1) is 6.20 Å². The molecule has 0 saturated carbocycles. The number of hydrogen-bond acceptors (Lipinski definition) is 5. The summed E-state index contributed by atoms with van der Waals surface area (Å²) in [5.41, 5.74) is 0.208. The van der Waals surface area contributed by atoms with E-state index in [1.807, 2.05) is 6.92 Å². The Labute approximate surface area is 76.0 Å². The standard InChI is InChI=1S/C6H12N3O3P/c1-3-9-4-6(7-8-9)13(11,5-10)12-2/h4,10H,3,5H2,1-2H3. The van der Waals surface area contributed by atoms with Crippen molar-refractivity contribution in [1.29, 1.82) is 0 Å². The van der Waals surface area contributed by atoms with Crippen LogP contribution in [-0.4, -0.2) is 33.6 Å². The lowest BCUT2D eigenvalue weighted by atomic mass is 10.7. The van der Waals surface area contributed by atoms with Gasteiger partial charge < -0.3 is 9.63 Å². The lowest BCUT2D eigenvalue weighted by Crippen LogP contribution is -2.10. The van der Waals surface area contributed by atoms with E-state index in [1.165, 1.54) is 18.0 Å². The highest BCUT2D eigenvalue weighted by Crippen LogP contribution is 2.42. The molecule has 1 heterocycles. The molecule has 0 aliphatic carbocycles. The van der Waals surface area contributed by atoms with E-state index < -0.39 is 13.7 Å². The zero-order chi connectivity index (χ0) is 9.90. The Kier molecular flexibility index (Phi) is 3.19. The van der Waals surface area contributed by atoms with Gasteiger partial charge >= 0.3 is 0 Å². The third kappa shape index (κ3) is 1.96. The molecular weight excluding hydrogens is 193 g/mol. The Morgan fingerprint density at radius 2 is 2.46 bits per heavy atom. The molecule has 0 fully saturated rings. The predicted octanol–water partition coefficient (Wildman–Crippen LogP) is -0.202. The fourth-order valence-electron chi connectivity index (χ4n) is 0.823. The van der Waals surface area contributed by atoms with E-state index in [2.05, 4.69) is 10.3 Å². The zero-order valence-electron chi connectivity index (χ0n) is 7.54. The van der Waals surface area contributed by atoms with Gasteiger partial charge in [-0.2, -0.15) is 0 Å². The molecule has 0 radical (unpaired) electrons. The Morgan fingerprint density at radius 1 is 1.77 bits per heavy atom. The van der Waals surface area contributed by atoms with Crippen molar-refractivity contribution in [3.8, 4) is 0 Å². The van der Waals surface area contributed by atoms with E-state index in [-0.39, 0.29) is 5.44 Å². The number of aliphatic hydroxyl groups excluding tert-OH is 1. The number of nitrogens with zero attached hydrogens (tertiary/aromatic N) is 3. The Bertz CT molecular complexity index is 317. The summed E-state index contributed by atoms with van der Waals surface area (Å²) in [6.07, 6.45) is 0.965. The first-order chi connectivity index (χ1) is 6.16. The second kappa shape index (κ2) is 4.00. The van der Waals surface area contributed by atoms with E-state index in [0.717, 1.165) is 0 Å². The highest BCUT2D eigenvalue weighted by molar-refractivity contribution is 7.66. The van der Waals surface area contributed by atoms with Gasteiger partial charge in [0.1, 0.15) is 6.35 Å². The van der Waals surface area contributed by atoms with E-state index in [4.69, 9.17) is 9.63 Å². The van der Waals surface area contributed by atoms with Crippen molar-refractivity contribution >= 4 is 12.8 Å². The largest absolute Gasteiger partial charge is 0.386 e. The highest BCUT2D eigenvalue weighted by atomic mass is 31.2. The smallest absolute Gasteiger partial charge is 0.277 e. The molecule has 1 unspecified atom stereocenters. The normalized spacial score (nSPS) is 15.6. The summed E-state index contributed by atoms with van der Waals surface area (Å²) in [6.45, 7) is 2.53. The van der Waals surface area contributed by atoms with E-state index in [9.17, 15) is 4.57 Å². The van der Waals surface area contributed by atoms with E-state index >= 15 is 0 Å². The van der Waals surface area contributed by atoms with Crippen LogP contribution in [-0.2, 0) is 15.6 Å². The summed E-state index contributed by atoms with van der Waals surface area (Å²) >= 11 is 0. The molecule has 1 aromatic rings. The second-order valence-corrected chi connectivity index (χ2v) is 4.88. The van der Waals surface area contributed by atoms with Crippen LogP contribution in [0, 0.1) is 0 Å². The minimum Gasteiger partial charge on any atom is -0.386 e. The van der Waals surface area contributed by atoms with Gasteiger partial charge in [-0.05, 0) is 6.92 Å². The van der Waals surface area contributed by atoms with Gasteiger partial charge in [0.15, 0.2) is 5.44 Å². The number of aromatic nitrogens is 3. The van der Waals surface area contributed by atoms with Gasteiger partial charge in [0.2, 0.25) is 0 Å². The van der Waals surface area contributed by atoms with Gasteiger partial charge in [-0.3, -0.25) is 9.25 Å². The molecule has 0 saturated heterocycles. The fourth-order valence-corrected chi connectivity index (χ4v) is 1.76. The lowest BCUT2D eigenvalue weighted by Gasteiger charge is -2.08. The van der Waals surface area contributed by atoms with Gasteiger partial charge in [0, 0.05) is 13.7 Å². The number of aryl methyl sites for hydroxylation is 1. The molecule has 1 aromatic heterocycles. The van der Waals surface area contributed by atoms with Crippen LogP contribution in [0.5, 0.6) is 0 Å². The van der Waals surface area contributed by atoms with Gasteiger partial charge in [-0.25, -0.2) is 0 Å². The van der Waals surface area contributed by atoms with Crippen LogP contribution in [0.15, 0.2) is 6.20 Å². The Hall–Kier alpha value is -0.710. The third-order valence-corrected chi connectivity index (χ3v) is 3.55. The molecule has 0 spiro atoms. The molecular formula is C6H12N3O3P. The molecule has 1 atom stereocenters. The molecule has 0 aromatic carbocycles. The molecule has 74 valence electrons. The predicted molar refractivity (Wildman–Crippen MR) is 47.0 cm³/mol. The summed E-state index contributed by atoms with van der Waals surface area (Å²) in [5.74, 6) is 0. The zero-order valence-corrected chi connectivity index (χ0v) is 8.44. The number of rotatable bonds is 4. The fraction of sp³-hybridized carbons (Fsp3) is 0.667. The average Bonchev–Trinajstić information content (AvgIpc) is 2.65. The van der Waals surface area contributed by atoms with E-state index in [1.54, 1.807) is 0 Å². The maximum Gasteiger partial charge on any atom is 0.277 e. The molecule has 7 heteroatoms. The maximum atomic E-state index is 11.7. The van der Waals surface area contributed by atoms with Crippen molar-refractivity contribution in [2.24, 2.45) is 0 Å². The molecule has 0 aliphatic heterocycles. The summed E-state index contributed by atoms with van der Waals surface area (Å²) in [6, 6.07) is 0. The minimum absolute atomic E-state index is 0.208. The molecule has 1 N–H and O–H groups in total. The van der Waals surface area contributed by atoms with Crippen LogP contribution in [0.3, 0.4) is 0 Å². The molecule has 0 bridgehead atoms. The maximum absolute atomic E-state index is 11.7. The van der Waals surface area contributed by atoms with Crippen molar-refractivity contribution in [1.82, 2.24) is 15.0 Å².